The number of anilines is 1. The number of benzene rings is 1. The molecule has 1 heterocycles. The second kappa shape index (κ2) is 8.52. The van der Waals surface area contributed by atoms with Crippen LogP contribution in [0.5, 0.6) is 5.75 Å². The van der Waals surface area contributed by atoms with Crippen molar-refractivity contribution in [3.05, 3.63) is 34.9 Å². The quantitative estimate of drug-likeness (QED) is 0.753. The summed E-state index contributed by atoms with van der Waals surface area (Å²) < 4.78 is 31.4. The molecular formula is C19H25ClN2O4S. The van der Waals surface area contributed by atoms with E-state index in [1.54, 1.807) is 18.2 Å². The van der Waals surface area contributed by atoms with E-state index >= 15 is 0 Å². The van der Waals surface area contributed by atoms with E-state index in [4.69, 9.17) is 16.3 Å². The first kappa shape index (κ1) is 20.0. The molecule has 0 bridgehead atoms. The van der Waals surface area contributed by atoms with Crippen LogP contribution in [-0.4, -0.2) is 39.8 Å². The number of ether oxygens (including phenoxy) is 1. The highest BCUT2D eigenvalue weighted by Crippen LogP contribution is 2.36. The van der Waals surface area contributed by atoms with Gasteiger partial charge in [0, 0.05) is 24.5 Å². The van der Waals surface area contributed by atoms with Gasteiger partial charge in [-0.05, 0) is 50.3 Å². The summed E-state index contributed by atoms with van der Waals surface area (Å²) in [6, 6.07) is 4.78. The standard InChI is InChI=1S/C19H25ClN2O4S/c1-27(24,25)22-12-10-18(26-17-8-7-15(20)13-16(17)22)19(23)21-11-9-14-5-3-2-4-6-14/h5,7-8,13,18H,2-4,6,9-12H2,1H3,(H,21,23)/t18-/m0/s1. The third-order valence-electron chi connectivity index (χ3n) is 4.88. The van der Waals surface area contributed by atoms with Crippen molar-refractivity contribution >= 4 is 33.2 Å². The van der Waals surface area contributed by atoms with Gasteiger partial charge in [0.05, 0.1) is 11.9 Å². The van der Waals surface area contributed by atoms with E-state index in [0.717, 1.165) is 25.5 Å². The lowest BCUT2D eigenvalue weighted by Gasteiger charge is -2.21. The summed E-state index contributed by atoms with van der Waals surface area (Å²) >= 11 is 6.02. The van der Waals surface area contributed by atoms with Crippen LogP contribution in [-0.2, 0) is 14.8 Å². The third-order valence-corrected chi connectivity index (χ3v) is 6.29. The largest absolute Gasteiger partial charge is 0.478 e. The first-order chi connectivity index (χ1) is 12.8. The fourth-order valence-electron chi connectivity index (χ4n) is 3.47. The van der Waals surface area contributed by atoms with Crippen molar-refractivity contribution in [2.75, 3.05) is 23.7 Å². The summed E-state index contributed by atoms with van der Waals surface area (Å²) in [5.41, 5.74) is 1.76. The SMILES string of the molecule is CS(=O)(=O)N1CC[C@@H](C(=O)NCCC2=CCCCC2)Oc2ccc(Cl)cc21. The lowest BCUT2D eigenvalue weighted by molar-refractivity contribution is -0.128. The molecule has 3 rings (SSSR count). The molecule has 0 saturated carbocycles. The van der Waals surface area contributed by atoms with Gasteiger partial charge in [-0.1, -0.05) is 23.3 Å². The van der Waals surface area contributed by atoms with Crippen LogP contribution >= 0.6 is 11.6 Å². The molecule has 2 aliphatic rings. The molecule has 27 heavy (non-hydrogen) atoms. The van der Waals surface area contributed by atoms with E-state index in [2.05, 4.69) is 11.4 Å². The molecule has 0 radical (unpaired) electrons. The summed E-state index contributed by atoms with van der Waals surface area (Å²) in [7, 11) is -3.50. The third kappa shape index (κ3) is 5.17. The first-order valence-electron chi connectivity index (χ1n) is 9.24. The molecule has 1 N–H and O–H groups in total. The van der Waals surface area contributed by atoms with Crippen LogP contribution in [0.25, 0.3) is 0 Å². The van der Waals surface area contributed by atoms with E-state index in [9.17, 15) is 13.2 Å². The number of fused-ring (bicyclic) bond motifs is 1. The summed E-state index contributed by atoms with van der Waals surface area (Å²) in [4.78, 5) is 12.6. The number of hydrogen-bond acceptors (Lipinski definition) is 4. The maximum Gasteiger partial charge on any atom is 0.261 e. The lowest BCUT2D eigenvalue weighted by atomic mass is 9.97. The molecule has 1 atom stereocenters. The molecule has 0 fully saturated rings. The number of carbonyl (C=O) groups excluding carboxylic acids is 1. The first-order valence-corrected chi connectivity index (χ1v) is 11.5. The summed E-state index contributed by atoms with van der Waals surface area (Å²) in [5, 5.41) is 3.34. The van der Waals surface area contributed by atoms with Crippen molar-refractivity contribution in [3.8, 4) is 5.75 Å². The fraction of sp³-hybridized carbons (Fsp3) is 0.526. The van der Waals surface area contributed by atoms with Gasteiger partial charge in [0.15, 0.2) is 6.10 Å². The predicted octanol–water partition coefficient (Wildman–Crippen LogP) is 3.26. The van der Waals surface area contributed by atoms with Crippen LogP contribution in [0.2, 0.25) is 5.02 Å². The van der Waals surface area contributed by atoms with Crippen molar-refractivity contribution < 1.29 is 17.9 Å². The van der Waals surface area contributed by atoms with Crippen LogP contribution in [0, 0.1) is 0 Å². The van der Waals surface area contributed by atoms with E-state index in [1.807, 2.05) is 0 Å². The molecule has 148 valence electrons. The monoisotopic (exact) mass is 412 g/mol. The van der Waals surface area contributed by atoms with Crippen molar-refractivity contribution in [1.82, 2.24) is 5.32 Å². The zero-order chi connectivity index (χ0) is 19.4. The number of sulfonamides is 1. The molecule has 1 aromatic rings. The molecule has 1 amide bonds. The molecule has 8 heteroatoms. The van der Waals surface area contributed by atoms with Crippen molar-refractivity contribution in [1.29, 1.82) is 0 Å². The maximum absolute atomic E-state index is 12.6. The van der Waals surface area contributed by atoms with Crippen LogP contribution in [0.3, 0.4) is 0 Å². The Kier molecular flexibility index (Phi) is 6.32. The van der Waals surface area contributed by atoms with Gasteiger partial charge in [0.25, 0.3) is 5.91 Å². The van der Waals surface area contributed by atoms with Gasteiger partial charge < -0.3 is 10.1 Å². The second-order valence-electron chi connectivity index (χ2n) is 6.99. The number of nitrogens with one attached hydrogen (secondary N) is 1. The van der Waals surface area contributed by atoms with Crippen molar-refractivity contribution in [2.24, 2.45) is 0 Å². The molecular weight excluding hydrogens is 388 g/mol. The number of allylic oxidation sites excluding steroid dienone is 1. The van der Waals surface area contributed by atoms with Crippen molar-refractivity contribution in [3.63, 3.8) is 0 Å². The maximum atomic E-state index is 12.6. The van der Waals surface area contributed by atoms with Gasteiger partial charge in [-0.3, -0.25) is 9.10 Å². The van der Waals surface area contributed by atoms with Crippen LogP contribution in [0.15, 0.2) is 29.8 Å². The van der Waals surface area contributed by atoms with Gasteiger partial charge in [0.2, 0.25) is 10.0 Å². The average molecular weight is 413 g/mol. The van der Waals surface area contributed by atoms with Gasteiger partial charge in [-0.2, -0.15) is 0 Å². The number of rotatable bonds is 5. The van der Waals surface area contributed by atoms with Gasteiger partial charge in [-0.25, -0.2) is 8.42 Å². The normalized spacial score (nSPS) is 20.1. The molecule has 0 spiro atoms. The smallest absolute Gasteiger partial charge is 0.261 e. The molecule has 1 aliphatic heterocycles. The van der Waals surface area contributed by atoms with Gasteiger partial charge >= 0.3 is 0 Å². The highest BCUT2D eigenvalue weighted by Gasteiger charge is 2.31. The molecule has 0 saturated heterocycles. The Labute approximate surface area is 165 Å². The summed E-state index contributed by atoms with van der Waals surface area (Å²) in [5.74, 6) is 0.125. The minimum atomic E-state index is -3.50. The van der Waals surface area contributed by atoms with Crippen LogP contribution in [0.1, 0.15) is 38.5 Å². The van der Waals surface area contributed by atoms with Crippen molar-refractivity contribution in [2.45, 2.75) is 44.6 Å². The summed E-state index contributed by atoms with van der Waals surface area (Å²) in [6.07, 6.45) is 8.46. The predicted molar refractivity (Wildman–Crippen MR) is 107 cm³/mol. The Morgan fingerprint density at radius 3 is 2.89 bits per heavy atom. The Morgan fingerprint density at radius 2 is 2.19 bits per heavy atom. The molecule has 0 aromatic heterocycles. The minimum absolute atomic E-state index is 0.162. The topological polar surface area (TPSA) is 75.7 Å². The minimum Gasteiger partial charge on any atom is -0.478 e. The highest BCUT2D eigenvalue weighted by atomic mass is 35.5. The van der Waals surface area contributed by atoms with E-state index in [-0.39, 0.29) is 18.9 Å². The molecule has 1 aromatic carbocycles. The molecule has 0 unspecified atom stereocenters. The Balaban J connectivity index is 1.68. The highest BCUT2D eigenvalue weighted by molar-refractivity contribution is 7.92. The number of halogens is 1. The Hall–Kier alpha value is -1.73. The Bertz CT molecular complexity index is 838. The zero-order valence-corrected chi connectivity index (χ0v) is 17.0. The van der Waals surface area contributed by atoms with E-state index in [1.165, 1.54) is 22.7 Å². The van der Waals surface area contributed by atoms with E-state index < -0.39 is 16.1 Å². The number of nitrogens with zero attached hydrogens (tertiary/aromatic N) is 1. The van der Waals surface area contributed by atoms with E-state index in [0.29, 0.717) is 23.0 Å². The molecule has 6 nitrogen and oxygen atoms in total. The number of hydrogen-bond donors (Lipinski definition) is 1. The fourth-order valence-corrected chi connectivity index (χ4v) is 4.58. The van der Waals surface area contributed by atoms with Crippen LogP contribution < -0.4 is 14.4 Å². The second-order valence-corrected chi connectivity index (χ2v) is 9.33. The number of carbonyl (C=O) groups is 1. The van der Waals surface area contributed by atoms with Gasteiger partial charge in [0.1, 0.15) is 5.75 Å². The summed E-state index contributed by atoms with van der Waals surface area (Å²) in [6.45, 7) is 0.725. The number of amides is 1. The van der Waals surface area contributed by atoms with Crippen LogP contribution in [0.4, 0.5) is 5.69 Å². The average Bonchev–Trinajstić information content (AvgIpc) is 2.81. The van der Waals surface area contributed by atoms with Gasteiger partial charge in [-0.15, -0.1) is 0 Å². The Morgan fingerprint density at radius 1 is 1.37 bits per heavy atom. The zero-order valence-electron chi connectivity index (χ0n) is 15.4. The lowest BCUT2D eigenvalue weighted by Crippen LogP contribution is -2.40. The molecule has 1 aliphatic carbocycles.